The molecule has 4 heterocycles. The third-order valence-electron chi connectivity index (χ3n) is 5.18. The van der Waals surface area contributed by atoms with Crippen molar-refractivity contribution in [3.63, 3.8) is 0 Å². The number of carbonyl (C=O) groups excluding carboxylic acids is 1. The maximum atomic E-state index is 11.6. The topological polar surface area (TPSA) is 131 Å². The quantitative estimate of drug-likeness (QED) is 0.552. The summed E-state index contributed by atoms with van der Waals surface area (Å²) in [6, 6.07) is 1.88. The minimum atomic E-state index is 0.101. The van der Waals surface area contributed by atoms with E-state index in [-0.39, 0.29) is 5.91 Å². The number of anilines is 1. The first-order valence-electron chi connectivity index (χ1n) is 9.66. The van der Waals surface area contributed by atoms with E-state index in [0.717, 1.165) is 24.6 Å². The summed E-state index contributed by atoms with van der Waals surface area (Å²) >= 11 is 0. The average molecular weight is 406 g/mol. The molecule has 1 aliphatic heterocycles. The first-order valence-corrected chi connectivity index (χ1v) is 9.66. The second-order valence-electron chi connectivity index (χ2n) is 7.14. The molecule has 1 fully saturated rings. The van der Waals surface area contributed by atoms with Gasteiger partial charge in [0.15, 0.2) is 17.7 Å². The van der Waals surface area contributed by atoms with Gasteiger partial charge in [0.1, 0.15) is 11.5 Å². The number of hydrogen-bond donors (Lipinski definition) is 2. The second-order valence-corrected chi connectivity index (χ2v) is 7.14. The Morgan fingerprint density at radius 2 is 1.90 bits per heavy atom. The summed E-state index contributed by atoms with van der Waals surface area (Å²) in [6.45, 7) is 6.20. The van der Waals surface area contributed by atoms with Crippen LogP contribution >= 0.6 is 0 Å². The highest BCUT2D eigenvalue weighted by atomic mass is 16.2. The van der Waals surface area contributed by atoms with E-state index in [1.54, 1.807) is 32.4 Å². The summed E-state index contributed by atoms with van der Waals surface area (Å²) in [7, 11) is 0. The Bertz CT molecular complexity index is 1140. The van der Waals surface area contributed by atoms with Gasteiger partial charge in [0, 0.05) is 51.2 Å². The maximum absolute atomic E-state index is 11.6. The molecule has 0 aromatic carbocycles. The third kappa shape index (κ3) is 3.59. The molecule has 0 saturated carbocycles. The lowest BCUT2D eigenvalue weighted by atomic mass is 10.2. The summed E-state index contributed by atoms with van der Waals surface area (Å²) in [4.78, 5) is 33.6. The van der Waals surface area contributed by atoms with Crippen LogP contribution in [-0.2, 0) is 4.79 Å². The molecule has 4 rings (SSSR count). The van der Waals surface area contributed by atoms with Crippen molar-refractivity contribution in [1.82, 2.24) is 29.2 Å². The van der Waals surface area contributed by atoms with Crippen LogP contribution in [0.2, 0.25) is 0 Å². The Hall–Kier alpha value is -3.82. The van der Waals surface area contributed by atoms with Crippen LogP contribution in [0.5, 0.6) is 0 Å². The monoisotopic (exact) mass is 406 g/mol. The third-order valence-corrected chi connectivity index (χ3v) is 5.18. The van der Waals surface area contributed by atoms with Crippen molar-refractivity contribution in [2.45, 2.75) is 13.8 Å². The van der Waals surface area contributed by atoms with Crippen LogP contribution < -0.4 is 16.0 Å². The lowest BCUT2D eigenvalue weighted by Crippen LogP contribution is -2.48. The van der Waals surface area contributed by atoms with Crippen molar-refractivity contribution in [3.05, 3.63) is 42.2 Å². The van der Waals surface area contributed by atoms with Gasteiger partial charge in [-0.05, 0) is 13.0 Å². The molecule has 0 unspecified atom stereocenters. The van der Waals surface area contributed by atoms with Crippen molar-refractivity contribution >= 4 is 29.2 Å². The molecule has 1 amide bonds. The number of amides is 1. The van der Waals surface area contributed by atoms with E-state index in [4.69, 9.17) is 16.1 Å². The number of carbonyl (C=O) groups is 1. The molecule has 10 heteroatoms. The van der Waals surface area contributed by atoms with Gasteiger partial charge in [-0.2, -0.15) is 0 Å². The lowest BCUT2D eigenvalue weighted by Gasteiger charge is -2.34. The zero-order valence-electron chi connectivity index (χ0n) is 17.0. The Balaban J connectivity index is 1.68. The number of nitrogens with zero attached hydrogens (tertiary/aromatic N) is 7. The molecule has 0 bridgehead atoms. The van der Waals surface area contributed by atoms with Crippen LogP contribution in [0.15, 0.2) is 36.6 Å². The molecule has 0 radical (unpaired) electrons. The summed E-state index contributed by atoms with van der Waals surface area (Å²) in [6.07, 6.45) is 8.39. The molecule has 154 valence electrons. The molecule has 0 aliphatic carbocycles. The van der Waals surface area contributed by atoms with E-state index >= 15 is 0 Å². The normalized spacial score (nSPS) is 15.3. The summed E-state index contributed by atoms with van der Waals surface area (Å²) in [5, 5.41) is 5.72. The summed E-state index contributed by atoms with van der Waals surface area (Å²) in [5.41, 5.74) is 9.22. The van der Waals surface area contributed by atoms with E-state index in [1.165, 1.54) is 6.21 Å². The van der Waals surface area contributed by atoms with Gasteiger partial charge in [-0.15, -0.1) is 0 Å². The van der Waals surface area contributed by atoms with Gasteiger partial charge in [0.25, 0.3) is 0 Å². The number of fused-ring (bicyclic) bond motifs is 1. The van der Waals surface area contributed by atoms with Crippen molar-refractivity contribution in [2.75, 3.05) is 31.1 Å². The highest BCUT2D eigenvalue weighted by molar-refractivity contribution is 6.06. The predicted molar refractivity (Wildman–Crippen MR) is 113 cm³/mol. The van der Waals surface area contributed by atoms with E-state index in [1.807, 2.05) is 21.6 Å². The Labute approximate surface area is 173 Å². The zero-order chi connectivity index (χ0) is 21.3. The molecular formula is C20H24N9O+. The van der Waals surface area contributed by atoms with E-state index < -0.39 is 0 Å². The molecule has 10 nitrogen and oxygen atoms in total. The van der Waals surface area contributed by atoms with Crippen LogP contribution in [0, 0.1) is 0 Å². The molecule has 0 spiro atoms. The van der Waals surface area contributed by atoms with Crippen LogP contribution in [-0.4, -0.2) is 67.5 Å². The van der Waals surface area contributed by atoms with Gasteiger partial charge in [-0.25, -0.2) is 15.0 Å². The van der Waals surface area contributed by atoms with Crippen molar-refractivity contribution < 1.29 is 10.2 Å². The smallest absolute Gasteiger partial charge is 0.219 e. The minimum Gasteiger partial charge on any atom is -0.402 e. The van der Waals surface area contributed by atoms with Gasteiger partial charge < -0.3 is 15.5 Å². The first-order chi connectivity index (χ1) is 14.5. The molecule has 0 atom stereocenters. The molecule has 1 saturated heterocycles. The van der Waals surface area contributed by atoms with Crippen molar-refractivity contribution in [1.29, 1.82) is 0 Å². The SMILES string of the molecule is CC(=O)N1CCN(c2ccnc(-c3cnc4cnc(/C(C=[NH2+])=C(\C)N)cn34)n2)CC1. The largest absolute Gasteiger partial charge is 0.402 e. The Kier molecular flexibility index (Phi) is 5.13. The number of hydrogen-bond acceptors (Lipinski definition) is 7. The van der Waals surface area contributed by atoms with Gasteiger partial charge >= 0.3 is 0 Å². The van der Waals surface area contributed by atoms with Gasteiger partial charge in [0.05, 0.1) is 23.7 Å². The second kappa shape index (κ2) is 7.90. The minimum absolute atomic E-state index is 0.101. The number of piperazine rings is 1. The molecule has 30 heavy (non-hydrogen) atoms. The molecular weight excluding hydrogens is 382 g/mol. The fraction of sp³-hybridized carbons (Fsp3) is 0.300. The summed E-state index contributed by atoms with van der Waals surface area (Å²) < 4.78 is 1.88. The zero-order valence-corrected chi connectivity index (χ0v) is 17.0. The van der Waals surface area contributed by atoms with Crippen LogP contribution in [0.4, 0.5) is 5.82 Å². The first kappa shape index (κ1) is 19.5. The van der Waals surface area contributed by atoms with Crippen LogP contribution in [0.3, 0.4) is 0 Å². The lowest BCUT2D eigenvalue weighted by molar-refractivity contribution is -0.129. The highest BCUT2D eigenvalue weighted by Crippen LogP contribution is 2.22. The molecule has 1 aliphatic rings. The molecule has 3 aromatic rings. The highest BCUT2D eigenvalue weighted by Gasteiger charge is 2.20. The number of aromatic nitrogens is 5. The van der Waals surface area contributed by atoms with E-state index in [9.17, 15) is 4.79 Å². The van der Waals surface area contributed by atoms with E-state index in [2.05, 4.69) is 19.9 Å². The standard InChI is InChI=1S/C20H23N9O/c1-13(22)15(9-21)16-12-29-17(10-25-19(29)11-24-16)20-23-4-3-18(26-20)28-7-5-27(6-8-28)14(2)30/h3-4,9-12,21H,5-8,22H2,1-2H3/p+1/b15-13+,21-9?. The maximum Gasteiger partial charge on any atom is 0.219 e. The fourth-order valence-corrected chi connectivity index (χ4v) is 3.51. The fourth-order valence-electron chi connectivity index (χ4n) is 3.51. The van der Waals surface area contributed by atoms with Gasteiger partial charge in [-0.1, -0.05) is 0 Å². The number of allylic oxidation sites excluding steroid dienone is 2. The number of imidazole rings is 1. The van der Waals surface area contributed by atoms with Gasteiger partial charge in [-0.3, -0.25) is 19.6 Å². The number of rotatable bonds is 4. The summed E-state index contributed by atoms with van der Waals surface area (Å²) in [5.74, 6) is 1.48. The average Bonchev–Trinajstić information content (AvgIpc) is 3.17. The van der Waals surface area contributed by atoms with Crippen molar-refractivity contribution in [3.8, 4) is 11.5 Å². The van der Waals surface area contributed by atoms with E-state index in [0.29, 0.717) is 41.5 Å². The Morgan fingerprint density at radius 3 is 2.57 bits per heavy atom. The Morgan fingerprint density at radius 1 is 1.13 bits per heavy atom. The molecule has 3 aromatic heterocycles. The van der Waals surface area contributed by atoms with Crippen LogP contribution in [0.1, 0.15) is 19.5 Å². The molecule has 4 N–H and O–H groups in total. The predicted octanol–water partition coefficient (Wildman–Crippen LogP) is -0.626. The van der Waals surface area contributed by atoms with Crippen LogP contribution in [0.25, 0.3) is 22.7 Å². The number of nitrogens with two attached hydrogens (primary N) is 2. The van der Waals surface area contributed by atoms with Crippen molar-refractivity contribution in [2.24, 2.45) is 5.73 Å². The van der Waals surface area contributed by atoms with Gasteiger partial charge in [0.2, 0.25) is 5.91 Å².